The summed E-state index contributed by atoms with van der Waals surface area (Å²) in [6.45, 7) is 5.48. The van der Waals surface area contributed by atoms with Crippen molar-refractivity contribution in [3.8, 4) is 0 Å². The summed E-state index contributed by atoms with van der Waals surface area (Å²) in [5.41, 5.74) is 0.434. The molecule has 1 aromatic rings. The Balaban J connectivity index is 2.19. The molecule has 1 heterocycles. The number of morpholine rings is 1. The molecule has 1 aromatic carbocycles. The van der Waals surface area contributed by atoms with Gasteiger partial charge in [0.25, 0.3) is 0 Å². The molecule has 0 aliphatic carbocycles. The van der Waals surface area contributed by atoms with Gasteiger partial charge < -0.3 is 10.1 Å². The van der Waals surface area contributed by atoms with Crippen LogP contribution in [0, 0.1) is 11.6 Å². The molecule has 1 saturated heterocycles. The molecule has 0 amide bonds. The normalized spacial score (nSPS) is 29.3. The fourth-order valence-electron chi connectivity index (χ4n) is 2.00. The van der Waals surface area contributed by atoms with Crippen molar-refractivity contribution in [2.24, 2.45) is 0 Å². The first-order valence-corrected chi connectivity index (χ1v) is 5.87. The Kier molecular flexibility index (Phi) is 3.45. The fourth-order valence-corrected chi connectivity index (χ4v) is 2.00. The van der Waals surface area contributed by atoms with Gasteiger partial charge in [0.1, 0.15) is 0 Å². The van der Waals surface area contributed by atoms with E-state index in [1.165, 1.54) is 6.07 Å². The molecule has 0 bridgehead atoms. The predicted octanol–water partition coefficient (Wildman–Crippen LogP) is 2.79. The molecule has 2 rings (SSSR count). The minimum Gasteiger partial charge on any atom is -0.365 e. The monoisotopic (exact) mass is 241 g/mol. The lowest BCUT2D eigenvalue weighted by Gasteiger charge is -2.39. The smallest absolute Gasteiger partial charge is 0.159 e. The molecule has 1 aliphatic rings. The Morgan fingerprint density at radius 1 is 1.41 bits per heavy atom. The number of benzene rings is 1. The maximum atomic E-state index is 13.2. The summed E-state index contributed by atoms with van der Waals surface area (Å²) < 4.78 is 32.0. The topological polar surface area (TPSA) is 21.3 Å². The molecular formula is C13H17F2NO. The third kappa shape index (κ3) is 2.64. The molecule has 1 aliphatic heterocycles. The zero-order valence-corrected chi connectivity index (χ0v) is 10.1. The van der Waals surface area contributed by atoms with E-state index in [1.807, 2.05) is 6.92 Å². The molecule has 2 unspecified atom stereocenters. The second-order valence-corrected chi connectivity index (χ2v) is 4.71. The molecular weight excluding hydrogens is 224 g/mol. The number of hydrogen-bond acceptors (Lipinski definition) is 2. The van der Waals surface area contributed by atoms with Gasteiger partial charge in [-0.1, -0.05) is 13.0 Å². The van der Waals surface area contributed by atoms with E-state index >= 15 is 0 Å². The van der Waals surface area contributed by atoms with Crippen LogP contribution in [0.15, 0.2) is 18.2 Å². The van der Waals surface area contributed by atoms with Gasteiger partial charge in [0.2, 0.25) is 0 Å². The third-order valence-electron chi connectivity index (χ3n) is 3.32. The third-order valence-corrected chi connectivity index (χ3v) is 3.32. The molecule has 17 heavy (non-hydrogen) atoms. The van der Waals surface area contributed by atoms with Gasteiger partial charge in [-0.25, -0.2) is 8.78 Å². The van der Waals surface area contributed by atoms with Crippen LogP contribution in [0.2, 0.25) is 0 Å². The minimum absolute atomic E-state index is 0.219. The Morgan fingerprint density at radius 2 is 2.18 bits per heavy atom. The summed E-state index contributed by atoms with van der Waals surface area (Å²) in [5, 5.41) is 3.27. The van der Waals surface area contributed by atoms with Crippen molar-refractivity contribution in [2.45, 2.75) is 32.0 Å². The van der Waals surface area contributed by atoms with Crippen LogP contribution in [0.1, 0.15) is 31.9 Å². The molecule has 0 saturated carbocycles. The van der Waals surface area contributed by atoms with Gasteiger partial charge in [0.05, 0.1) is 11.7 Å². The molecule has 0 radical (unpaired) electrons. The van der Waals surface area contributed by atoms with Crippen molar-refractivity contribution >= 4 is 0 Å². The molecule has 0 aromatic heterocycles. The molecule has 94 valence electrons. The second kappa shape index (κ2) is 4.70. The van der Waals surface area contributed by atoms with E-state index in [9.17, 15) is 8.78 Å². The largest absolute Gasteiger partial charge is 0.365 e. The highest BCUT2D eigenvalue weighted by atomic mass is 19.2. The van der Waals surface area contributed by atoms with Crippen LogP contribution < -0.4 is 5.32 Å². The second-order valence-electron chi connectivity index (χ2n) is 4.71. The van der Waals surface area contributed by atoms with Gasteiger partial charge in [-0.15, -0.1) is 0 Å². The van der Waals surface area contributed by atoms with Crippen LogP contribution in [-0.4, -0.2) is 18.7 Å². The Hall–Kier alpha value is -1.00. The average Bonchev–Trinajstić information content (AvgIpc) is 2.33. The molecule has 1 N–H and O–H groups in total. The number of nitrogens with one attached hydrogen (secondary N) is 1. The number of rotatable bonds is 2. The average molecular weight is 241 g/mol. The van der Waals surface area contributed by atoms with E-state index in [4.69, 9.17) is 4.74 Å². The summed E-state index contributed by atoms with van der Waals surface area (Å²) in [4.78, 5) is 0. The zero-order chi connectivity index (χ0) is 12.5. The highest BCUT2D eigenvalue weighted by Crippen LogP contribution is 2.29. The summed E-state index contributed by atoms with van der Waals surface area (Å²) in [5.74, 6) is -1.65. The lowest BCUT2D eigenvalue weighted by atomic mass is 9.98. The van der Waals surface area contributed by atoms with E-state index in [2.05, 4.69) is 12.2 Å². The quantitative estimate of drug-likeness (QED) is 0.859. The van der Waals surface area contributed by atoms with Gasteiger partial charge in [-0.05, 0) is 31.0 Å². The van der Waals surface area contributed by atoms with E-state index in [1.54, 1.807) is 6.07 Å². The van der Waals surface area contributed by atoms with Crippen molar-refractivity contribution in [1.82, 2.24) is 5.32 Å². The molecule has 4 heteroatoms. The maximum Gasteiger partial charge on any atom is 0.159 e. The van der Waals surface area contributed by atoms with E-state index < -0.39 is 11.6 Å². The zero-order valence-electron chi connectivity index (χ0n) is 10.1. The van der Waals surface area contributed by atoms with Crippen LogP contribution in [0.25, 0.3) is 0 Å². The van der Waals surface area contributed by atoms with Crippen molar-refractivity contribution in [3.63, 3.8) is 0 Å². The predicted molar refractivity (Wildman–Crippen MR) is 61.7 cm³/mol. The fraction of sp³-hybridized carbons (Fsp3) is 0.538. The first-order valence-electron chi connectivity index (χ1n) is 5.87. The SMILES string of the molecule is CCC1(C)CNCC(c2ccc(F)c(F)c2)O1. The number of hydrogen-bond donors (Lipinski definition) is 1. The number of halogens is 2. The van der Waals surface area contributed by atoms with E-state index in [0.29, 0.717) is 12.1 Å². The van der Waals surface area contributed by atoms with E-state index in [-0.39, 0.29) is 11.7 Å². The Bertz CT molecular complexity index is 410. The van der Waals surface area contributed by atoms with Crippen LogP contribution in [0.5, 0.6) is 0 Å². The van der Waals surface area contributed by atoms with Gasteiger partial charge >= 0.3 is 0 Å². The Morgan fingerprint density at radius 3 is 2.82 bits per heavy atom. The van der Waals surface area contributed by atoms with Crippen LogP contribution in [-0.2, 0) is 4.74 Å². The van der Waals surface area contributed by atoms with E-state index in [0.717, 1.165) is 19.0 Å². The maximum absolute atomic E-state index is 13.2. The van der Waals surface area contributed by atoms with Crippen molar-refractivity contribution < 1.29 is 13.5 Å². The molecule has 0 spiro atoms. The molecule has 2 nitrogen and oxygen atoms in total. The summed E-state index contributed by atoms with van der Waals surface area (Å²) >= 11 is 0. The van der Waals surface area contributed by atoms with Crippen molar-refractivity contribution in [3.05, 3.63) is 35.4 Å². The summed E-state index contributed by atoms with van der Waals surface area (Å²) in [7, 11) is 0. The lowest BCUT2D eigenvalue weighted by molar-refractivity contribution is -0.109. The first kappa shape index (κ1) is 12.5. The van der Waals surface area contributed by atoms with Crippen LogP contribution in [0.3, 0.4) is 0 Å². The summed E-state index contributed by atoms with van der Waals surface area (Å²) in [6, 6.07) is 3.93. The Labute approximate surface area is 100.0 Å². The van der Waals surface area contributed by atoms with Crippen molar-refractivity contribution in [2.75, 3.05) is 13.1 Å². The molecule has 2 atom stereocenters. The standard InChI is InChI=1S/C13H17F2NO/c1-3-13(2)8-16-7-12(17-13)9-4-5-10(14)11(15)6-9/h4-6,12,16H,3,7-8H2,1-2H3. The highest BCUT2D eigenvalue weighted by molar-refractivity contribution is 5.21. The number of ether oxygens (including phenoxy) is 1. The van der Waals surface area contributed by atoms with Gasteiger partial charge in [-0.3, -0.25) is 0 Å². The van der Waals surface area contributed by atoms with Crippen LogP contribution in [0.4, 0.5) is 8.78 Å². The summed E-state index contributed by atoms with van der Waals surface area (Å²) in [6.07, 6.45) is 0.656. The van der Waals surface area contributed by atoms with Gasteiger partial charge in [0, 0.05) is 13.1 Å². The molecule has 1 fully saturated rings. The van der Waals surface area contributed by atoms with Gasteiger partial charge in [0.15, 0.2) is 11.6 Å². The van der Waals surface area contributed by atoms with Crippen molar-refractivity contribution in [1.29, 1.82) is 0 Å². The lowest BCUT2D eigenvalue weighted by Crippen LogP contribution is -2.48. The highest BCUT2D eigenvalue weighted by Gasteiger charge is 2.32. The first-order chi connectivity index (χ1) is 8.04. The van der Waals surface area contributed by atoms with Gasteiger partial charge in [-0.2, -0.15) is 0 Å². The van der Waals surface area contributed by atoms with Crippen LogP contribution >= 0.6 is 0 Å². The minimum atomic E-state index is -0.824.